The fourth-order valence-electron chi connectivity index (χ4n) is 1.52. The van der Waals surface area contributed by atoms with Gasteiger partial charge in [0.1, 0.15) is 16.7 Å². The Kier molecular flexibility index (Phi) is 3.94. The molecule has 0 unspecified atom stereocenters. The van der Waals surface area contributed by atoms with Crippen LogP contribution in [-0.2, 0) is 6.42 Å². The minimum absolute atomic E-state index is 0.146. The van der Waals surface area contributed by atoms with Gasteiger partial charge in [0.05, 0.1) is 6.20 Å². The van der Waals surface area contributed by atoms with E-state index in [1.807, 2.05) is 0 Å². The molecule has 0 saturated carbocycles. The summed E-state index contributed by atoms with van der Waals surface area (Å²) in [6.45, 7) is 0.511. The molecule has 0 fully saturated rings. The van der Waals surface area contributed by atoms with E-state index in [4.69, 9.17) is 17.3 Å². The van der Waals surface area contributed by atoms with Crippen LogP contribution in [-0.4, -0.2) is 16.5 Å². The average molecular weight is 267 g/mol. The lowest BCUT2D eigenvalue weighted by molar-refractivity contribution is 0.610. The number of anilines is 2. The lowest BCUT2D eigenvalue weighted by Gasteiger charge is -2.08. The van der Waals surface area contributed by atoms with Crippen molar-refractivity contribution in [3.8, 4) is 0 Å². The van der Waals surface area contributed by atoms with Crippen molar-refractivity contribution in [1.29, 1.82) is 0 Å². The normalized spacial score (nSPS) is 10.3. The van der Waals surface area contributed by atoms with E-state index in [0.717, 1.165) is 0 Å². The smallest absolute Gasteiger partial charge is 0.222 e. The van der Waals surface area contributed by atoms with Gasteiger partial charge in [-0.1, -0.05) is 29.8 Å². The van der Waals surface area contributed by atoms with Gasteiger partial charge in [-0.15, -0.1) is 0 Å². The van der Waals surface area contributed by atoms with Crippen molar-refractivity contribution in [2.45, 2.75) is 6.42 Å². The first-order valence-corrected chi connectivity index (χ1v) is 5.80. The van der Waals surface area contributed by atoms with Crippen LogP contribution < -0.4 is 11.1 Å². The topological polar surface area (TPSA) is 63.8 Å². The molecule has 2 aromatic rings. The van der Waals surface area contributed by atoms with Gasteiger partial charge in [0.25, 0.3) is 0 Å². The fourth-order valence-corrected chi connectivity index (χ4v) is 1.68. The summed E-state index contributed by atoms with van der Waals surface area (Å²) in [6.07, 6.45) is 1.96. The average Bonchev–Trinajstić information content (AvgIpc) is 2.36. The molecule has 0 amide bonds. The summed E-state index contributed by atoms with van der Waals surface area (Å²) < 4.78 is 13.4. The SMILES string of the molecule is Nc1ncc(Cl)c(NCCc2ccccc2F)n1. The van der Waals surface area contributed by atoms with Crippen molar-refractivity contribution >= 4 is 23.4 Å². The Hall–Kier alpha value is -1.88. The van der Waals surface area contributed by atoms with Crippen molar-refractivity contribution in [2.75, 3.05) is 17.6 Å². The standard InChI is InChI=1S/C12H12ClFN4/c13-9-7-17-12(15)18-11(9)16-6-5-8-3-1-2-4-10(8)14/h1-4,7H,5-6H2,(H3,15,16,17,18). The van der Waals surface area contributed by atoms with Gasteiger partial charge in [-0.2, -0.15) is 4.98 Å². The molecule has 0 aliphatic rings. The van der Waals surface area contributed by atoms with Crippen molar-refractivity contribution < 1.29 is 4.39 Å². The van der Waals surface area contributed by atoms with Crippen molar-refractivity contribution in [1.82, 2.24) is 9.97 Å². The van der Waals surface area contributed by atoms with Crippen molar-refractivity contribution in [3.05, 3.63) is 46.9 Å². The van der Waals surface area contributed by atoms with E-state index in [0.29, 0.717) is 29.4 Å². The molecule has 1 aromatic carbocycles. The summed E-state index contributed by atoms with van der Waals surface area (Å²) in [7, 11) is 0. The van der Waals surface area contributed by atoms with E-state index < -0.39 is 0 Å². The number of hydrogen-bond acceptors (Lipinski definition) is 4. The molecule has 0 aliphatic carbocycles. The highest BCUT2D eigenvalue weighted by atomic mass is 35.5. The van der Waals surface area contributed by atoms with Crippen LogP contribution in [0.15, 0.2) is 30.5 Å². The second-order valence-electron chi connectivity index (χ2n) is 3.69. The zero-order valence-electron chi connectivity index (χ0n) is 9.53. The maximum Gasteiger partial charge on any atom is 0.222 e. The summed E-state index contributed by atoms with van der Waals surface area (Å²) >= 11 is 5.89. The van der Waals surface area contributed by atoms with Gasteiger partial charge in [0.15, 0.2) is 0 Å². The van der Waals surface area contributed by atoms with E-state index >= 15 is 0 Å². The Morgan fingerprint density at radius 3 is 2.89 bits per heavy atom. The van der Waals surface area contributed by atoms with E-state index in [1.54, 1.807) is 18.2 Å². The molecule has 18 heavy (non-hydrogen) atoms. The monoisotopic (exact) mass is 266 g/mol. The summed E-state index contributed by atoms with van der Waals surface area (Å²) in [5, 5.41) is 3.39. The van der Waals surface area contributed by atoms with Crippen LogP contribution in [0, 0.1) is 5.82 Å². The lowest BCUT2D eigenvalue weighted by Crippen LogP contribution is -2.09. The molecule has 6 heteroatoms. The molecule has 1 aromatic heterocycles. The number of nitrogens with zero attached hydrogens (tertiary/aromatic N) is 2. The molecule has 0 bridgehead atoms. The van der Waals surface area contributed by atoms with Crippen molar-refractivity contribution in [2.24, 2.45) is 0 Å². The Labute approximate surface area is 109 Å². The molecule has 0 atom stereocenters. The van der Waals surface area contributed by atoms with Crippen LogP contribution in [0.1, 0.15) is 5.56 Å². The Bertz CT molecular complexity index is 547. The van der Waals surface area contributed by atoms with Crippen LogP contribution >= 0.6 is 11.6 Å². The molecule has 3 N–H and O–H groups in total. The third kappa shape index (κ3) is 3.07. The molecule has 0 aliphatic heterocycles. The summed E-state index contributed by atoms with van der Waals surface area (Å²) in [6, 6.07) is 6.64. The number of nitrogen functional groups attached to an aromatic ring is 1. The number of aromatic nitrogens is 2. The molecule has 0 saturated heterocycles. The molecule has 1 heterocycles. The predicted molar refractivity (Wildman–Crippen MR) is 70.0 cm³/mol. The number of halogens is 2. The van der Waals surface area contributed by atoms with Gasteiger partial charge in [0, 0.05) is 6.54 Å². The van der Waals surface area contributed by atoms with Crippen LogP contribution in [0.5, 0.6) is 0 Å². The second-order valence-corrected chi connectivity index (χ2v) is 4.10. The van der Waals surface area contributed by atoms with Crippen LogP contribution in [0.3, 0.4) is 0 Å². The Morgan fingerprint density at radius 2 is 2.11 bits per heavy atom. The first-order valence-electron chi connectivity index (χ1n) is 5.42. The third-order valence-corrected chi connectivity index (χ3v) is 2.68. The molecule has 4 nitrogen and oxygen atoms in total. The van der Waals surface area contributed by atoms with Gasteiger partial charge in [-0.05, 0) is 18.1 Å². The molecule has 0 spiro atoms. The van der Waals surface area contributed by atoms with E-state index in [1.165, 1.54) is 12.3 Å². The molecule has 0 radical (unpaired) electrons. The van der Waals surface area contributed by atoms with E-state index in [9.17, 15) is 4.39 Å². The summed E-state index contributed by atoms with van der Waals surface area (Å²) in [5.41, 5.74) is 6.10. The van der Waals surface area contributed by atoms with E-state index in [-0.39, 0.29) is 11.8 Å². The number of nitrogens with one attached hydrogen (secondary N) is 1. The van der Waals surface area contributed by atoms with Crippen LogP contribution in [0.2, 0.25) is 5.02 Å². The van der Waals surface area contributed by atoms with Gasteiger partial charge < -0.3 is 11.1 Å². The second kappa shape index (κ2) is 5.64. The third-order valence-electron chi connectivity index (χ3n) is 2.41. The van der Waals surface area contributed by atoms with Gasteiger partial charge in [-0.3, -0.25) is 0 Å². The minimum atomic E-state index is -0.215. The van der Waals surface area contributed by atoms with E-state index in [2.05, 4.69) is 15.3 Å². The lowest BCUT2D eigenvalue weighted by atomic mass is 10.1. The summed E-state index contributed by atoms with van der Waals surface area (Å²) in [5.74, 6) is 0.390. The van der Waals surface area contributed by atoms with Crippen LogP contribution in [0.25, 0.3) is 0 Å². The highest BCUT2D eigenvalue weighted by molar-refractivity contribution is 6.32. The largest absolute Gasteiger partial charge is 0.368 e. The van der Waals surface area contributed by atoms with Gasteiger partial charge in [-0.25, -0.2) is 9.37 Å². The minimum Gasteiger partial charge on any atom is -0.368 e. The fraction of sp³-hybridized carbons (Fsp3) is 0.167. The number of hydrogen-bond donors (Lipinski definition) is 2. The van der Waals surface area contributed by atoms with Crippen LogP contribution in [0.4, 0.5) is 16.2 Å². The maximum atomic E-state index is 13.4. The molecular weight excluding hydrogens is 255 g/mol. The predicted octanol–water partition coefficient (Wildman–Crippen LogP) is 2.51. The Morgan fingerprint density at radius 1 is 1.33 bits per heavy atom. The molecule has 94 valence electrons. The quantitative estimate of drug-likeness (QED) is 0.892. The summed E-state index contributed by atoms with van der Waals surface area (Å²) in [4.78, 5) is 7.71. The zero-order chi connectivity index (χ0) is 13.0. The molecular formula is C12H12ClFN4. The zero-order valence-corrected chi connectivity index (χ0v) is 10.3. The highest BCUT2D eigenvalue weighted by Gasteiger charge is 2.04. The molecule has 2 rings (SSSR count). The first-order chi connectivity index (χ1) is 8.66. The number of benzene rings is 1. The van der Waals surface area contributed by atoms with Gasteiger partial charge >= 0.3 is 0 Å². The highest BCUT2D eigenvalue weighted by Crippen LogP contribution is 2.18. The number of nitrogens with two attached hydrogens (primary N) is 1. The first kappa shape index (κ1) is 12.6. The van der Waals surface area contributed by atoms with Gasteiger partial charge in [0.2, 0.25) is 5.95 Å². The maximum absolute atomic E-state index is 13.4. The Balaban J connectivity index is 1.96. The van der Waals surface area contributed by atoms with Crippen molar-refractivity contribution in [3.63, 3.8) is 0 Å². The number of rotatable bonds is 4.